The standard InChI is InChI=1S/C73H13NO2S/c1-8-2-4-9(5-3-8)77(75,76)74-6-10-11(7-74)13-15-14-12(10)16-20-25-19(15)27-23-17(13)21-24-18(14)26-22(16)30-36-28(20)38-33(25)43-35(27)45-41-31(23)37-29(21)39-32(24)42-34(26)44-40(30)50-46(36)56-48(38)58-53(43)55(45)63-61-51(41)47(37)57-49(39)59-52(42)54(44)62-60(50)68-64(56)66(58)71(63)73-69(61)65(57)67(59)70(62)72(68)73/h2-5,12-13H,6-7H2,1H3. The molecule has 29 aromatic carbocycles. The van der Waals surface area contributed by atoms with E-state index in [1.165, 1.54) is 11.1 Å². The van der Waals surface area contributed by atoms with Gasteiger partial charge in [0.05, 0.1) is 4.90 Å². The van der Waals surface area contributed by atoms with E-state index in [2.05, 4.69) is 6.92 Å². The van der Waals surface area contributed by atoms with E-state index in [0.29, 0.717) is 18.0 Å². The van der Waals surface area contributed by atoms with Crippen molar-refractivity contribution in [1.29, 1.82) is 0 Å². The van der Waals surface area contributed by atoms with Crippen molar-refractivity contribution in [3.63, 3.8) is 0 Å². The lowest BCUT2D eigenvalue weighted by Gasteiger charge is -2.40. The van der Waals surface area contributed by atoms with Gasteiger partial charge in [0.15, 0.2) is 0 Å². The summed E-state index contributed by atoms with van der Waals surface area (Å²) in [6.07, 6.45) is 0. The average molecular weight is 968 g/mol. The molecule has 2 unspecified atom stereocenters. The van der Waals surface area contributed by atoms with Gasteiger partial charge in [0.2, 0.25) is 10.0 Å². The number of hydrogen-bond acceptors (Lipinski definition) is 2. The van der Waals surface area contributed by atoms with Gasteiger partial charge in [-0.2, -0.15) is 4.31 Å². The van der Waals surface area contributed by atoms with Gasteiger partial charge in [-0.25, -0.2) is 8.42 Å². The van der Waals surface area contributed by atoms with E-state index < -0.39 is 10.0 Å². The highest BCUT2D eigenvalue weighted by Crippen LogP contribution is 2.82. The Hall–Kier alpha value is -8.93. The topological polar surface area (TPSA) is 37.4 Å². The second-order valence-corrected chi connectivity index (χ2v) is 29.6. The van der Waals surface area contributed by atoms with Crippen LogP contribution >= 0.6 is 0 Å². The van der Waals surface area contributed by atoms with Crippen LogP contribution in [0.1, 0.15) is 39.7 Å². The Morgan fingerprint density at radius 3 is 0.701 bits per heavy atom. The molecule has 0 amide bonds. The third kappa shape index (κ3) is 1.77. The fourth-order valence-corrected chi connectivity index (χ4v) is 27.4. The molecule has 0 radical (unpaired) electrons. The van der Waals surface area contributed by atoms with Crippen LogP contribution in [0.3, 0.4) is 0 Å². The van der Waals surface area contributed by atoms with Crippen molar-refractivity contribution in [1.82, 2.24) is 4.31 Å². The molecule has 1 heterocycles. The first-order valence-electron chi connectivity index (χ1n) is 28.4. The van der Waals surface area contributed by atoms with Crippen molar-refractivity contribution in [2.24, 2.45) is 0 Å². The van der Waals surface area contributed by atoms with Crippen LogP contribution in [0.4, 0.5) is 0 Å². The lowest BCUT2D eigenvalue weighted by atomic mass is 9.61. The van der Waals surface area contributed by atoms with Gasteiger partial charge in [-0.05, 0) is 354 Å². The van der Waals surface area contributed by atoms with Crippen LogP contribution in [0, 0.1) is 6.92 Å². The molecule has 0 saturated carbocycles. The minimum atomic E-state index is -3.83. The molecule has 0 N–H and O–H groups in total. The van der Waals surface area contributed by atoms with E-state index in [1.807, 2.05) is 28.6 Å². The Morgan fingerprint density at radius 2 is 0.481 bits per heavy atom. The van der Waals surface area contributed by atoms with Crippen LogP contribution in [0.25, 0.3) is 302 Å². The predicted octanol–water partition coefficient (Wildman–Crippen LogP) is 18.8. The Kier molecular flexibility index (Phi) is 2.74. The van der Waals surface area contributed by atoms with Gasteiger partial charge in [0.25, 0.3) is 0 Å². The van der Waals surface area contributed by atoms with Gasteiger partial charge in [0, 0.05) is 24.9 Å². The maximum Gasteiger partial charge on any atom is 0.243 e. The number of rotatable bonds is 2. The fraction of sp³-hybridized carbons (Fsp3) is 0.0685. The zero-order chi connectivity index (χ0) is 46.4. The number of nitrogens with zero attached hydrogens (tertiary/aromatic N) is 1. The van der Waals surface area contributed by atoms with Crippen molar-refractivity contribution < 1.29 is 8.42 Å². The zero-order valence-corrected chi connectivity index (χ0v) is 40.4. The molecule has 328 valence electrons. The van der Waals surface area contributed by atoms with E-state index >= 15 is 8.42 Å². The second-order valence-electron chi connectivity index (χ2n) is 27.7. The molecule has 0 fully saturated rings. The minimum Gasteiger partial charge on any atom is -0.207 e. The average Bonchev–Trinajstić information content (AvgIpc) is 2.07. The van der Waals surface area contributed by atoms with E-state index in [-0.39, 0.29) is 11.8 Å². The normalized spacial score (nSPS) is 21.2. The lowest BCUT2D eigenvalue weighted by Crippen LogP contribution is -2.30. The lowest BCUT2D eigenvalue weighted by molar-refractivity contribution is 0.478. The third-order valence-electron chi connectivity index (χ3n) is 26.8. The first-order valence-corrected chi connectivity index (χ1v) is 29.8. The van der Waals surface area contributed by atoms with Crippen molar-refractivity contribution in [2.75, 3.05) is 13.1 Å². The smallest absolute Gasteiger partial charge is 0.207 e. The summed E-state index contributed by atoms with van der Waals surface area (Å²) in [5.74, 6) is -0.0600. The molecule has 0 spiro atoms. The Labute approximate surface area is 422 Å². The van der Waals surface area contributed by atoms with Crippen LogP contribution in [-0.4, -0.2) is 25.8 Å². The minimum absolute atomic E-state index is 0.0300. The maximum atomic E-state index is 15.5. The molecule has 4 heteroatoms. The molecule has 0 saturated heterocycles. The zero-order valence-electron chi connectivity index (χ0n) is 39.6. The van der Waals surface area contributed by atoms with Crippen molar-refractivity contribution in [3.8, 4) is 0 Å². The van der Waals surface area contributed by atoms with Gasteiger partial charge >= 0.3 is 0 Å². The van der Waals surface area contributed by atoms with Crippen LogP contribution in [0.15, 0.2) is 40.3 Å². The highest BCUT2D eigenvalue weighted by molar-refractivity contribution is 7.89. The number of benzene rings is 19. The van der Waals surface area contributed by atoms with Crippen molar-refractivity contribution >= 4 is 312 Å². The highest BCUT2D eigenvalue weighted by atomic mass is 32.2. The summed E-state index contributed by atoms with van der Waals surface area (Å²) < 4.78 is 33.0. The Balaban J connectivity index is 1.04. The van der Waals surface area contributed by atoms with Gasteiger partial charge in [-0.15, -0.1) is 0 Å². The van der Waals surface area contributed by atoms with Crippen LogP contribution in [0.2, 0.25) is 0 Å². The van der Waals surface area contributed by atoms with E-state index in [1.54, 1.807) is 324 Å². The van der Waals surface area contributed by atoms with Gasteiger partial charge in [0.1, 0.15) is 0 Å². The summed E-state index contributed by atoms with van der Waals surface area (Å²) in [6, 6.07) is 7.70. The first-order chi connectivity index (χ1) is 38.1. The molecule has 1 aliphatic heterocycles. The molecule has 0 aromatic heterocycles. The number of hydrogen-bond donors (Lipinski definition) is 0. The maximum absolute atomic E-state index is 15.5. The van der Waals surface area contributed by atoms with Crippen LogP contribution in [-0.2, 0) is 10.0 Å². The van der Waals surface area contributed by atoms with E-state index in [4.69, 9.17) is 0 Å². The Bertz CT molecular complexity index is 7810. The molecule has 0 bridgehead atoms. The number of fused-ring (bicyclic) bond motifs is 14. The quantitative estimate of drug-likeness (QED) is 0.128. The van der Waals surface area contributed by atoms with Crippen molar-refractivity contribution in [2.45, 2.75) is 23.7 Å². The van der Waals surface area contributed by atoms with Crippen LogP contribution < -0.4 is 0 Å². The van der Waals surface area contributed by atoms with E-state index in [0.717, 1.165) is 5.56 Å². The predicted molar refractivity (Wildman–Crippen MR) is 322 cm³/mol. The second kappa shape index (κ2) is 7.03. The highest BCUT2D eigenvalue weighted by Gasteiger charge is 2.58. The van der Waals surface area contributed by atoms with Crippen LogP contribution in [0.5, 0.6) is 0 Å². The largest absolute Gasteiger partial charge is 0.243 e. The van der Waals surface area contributed by atoms with E-state index in [9.17, 15) is 0 Å². The molecule has 29 aromatic rings. The summed E-state index contributed by atoms with van der Waals surface area (Å²) in [4.78, 5) is 0.417. The molecular formula is C73H13NO2S. The summed E-state index contributed by atoms with van der Waals surface area (Å²) in [5.41, 5.74) is 13.2. The Morgan fingerprint density at radius 1 is 0.286 bits per heavy atom. The molecule has 2 atom stereocenters. The monoisotopic (exact) mass is 967 g/mol. The van der Waals surface area contributed by atoms with Crippen molar-refractivity contribution in [3.05, 3.63) is 63.2 Å². The number of allylic oxidation sites excluding steroid dienone is 2. The summed E-state index contributed by atoms with van der Waals surface area (Å²) in [5, 5.41) is 85.8. The molecule has 3 nitrogen and oxygen atoms in total. The summed E-state index contributed by atoms with van der Waals surface area (Å²) in [7, 11) is -3.83. The number of sulfonamides is 1. The molecule has 33 rings (SSSR count). The SMILES string of the molecule is Cc1ccc(S(=O)(=O)N2CC3=C(C2)C2C4=C5c6c7c8c2c2c9c4c4c%10c(c%11c6c6c%12c7c7c8c8c2c2c%13c9c9c4c4c%10c%10c%11c%11c6c6c%12c%12c7c7c8c2c2c8c%13c9c9c4c4c%10c%11c%10c6c6c%12c7c2c2c8c9c4c%10c62)C35)cc1. The molecular weight excluding hydrogens is 955 g/mol. The summed E-state index contributed by atoms with van der Waals surface area (Å²) in [6.45, 7) is 2.94. The first kappa shape index (κ1) is 30.0. The van der Waals surface area contributed by atoms with Gasteiger partial charge in [-0.3, -0.25) is 0 Å². The molecule has 77 heavy (non-hydrogen) atoms. The number of aryl methyl sites for hydroxylation is 1. The summed E-state index contributed by atoms with van der Waals surface area (Å²) >= 11 is 0. The fourth-order valence-electron chi connectivity index (χ4n) is 26.0. The van der Waals surface area contributed by atoms with Gasteiger partial charge in [-0.1, -0.05) is 17.7 Å². The van der Waals surface area contributed by atoms with Gasteiger partial charge < -0.3 is 0 Å². The molecule has 3 aliphatic carbocycles. The third-order valence-corrected chi connectivity index (χ3v) is 28.6. The molecule has 4 aliphatic rings.